The highest BCUT2D eigenvalue weighted by atomic mass is 19.1. The van der Waals surface area contributed by atoms with E-state index in [4.69, 9.17) is 30.5 Å². The number of benzene rings is 2. The topological polar surface area (TPSA) is 194 Å². The third-order valence-electron chi connectivity index (χ3n) is 5.08. The molecule has 0 amide bonds. The maximum absolute atomic E-state index is 12.8. The van der Waals surface area contributed by atoms with Gasteiger partial charge < -0.3 is 25.6 Å². The van der Waals surface area contributed by atoms with Crippen molar-refractivity contribution in [1.82, 2.24) is 25.0 Å². The molecular weight excluding hydrogens is 523 g/mol. The number of carboxylic acid groups (broad SMARTS) is 1. The first-order chi connectivity index (χ1) is 19.2. The molecule has 0 fully saturated rings. The van der Waals surface area contributed by atoms with Crippen molar-refractivity contribution >= 4 is 17.5 Å². The van der Waals surface area contributed by atoms with Crippen molar-refractivity contribution in [2.45, 2.75) is 19.9 Å². The molecule has 6 N–H and O–H groups in total. The van der Waals surface area contributed by atoms with E-state index >= 15 is 0 Å². The van der Waals surface area contributed by atoms with E-state index in [0.717, 1.165) is 11.6 Å². The molecule has 0 saturated carbocycles. The summed E-state index contributed by atoms with van der Waals surface area (Å²) in [4.78, 5) is 24.5. The fourth-order valence-corrected chi connectivity index (χ4v) is 3.50. The number of alkyl halides is 1. The predicted molar refractivity (Wildman–Crippen MR) is 145 cm³/mol. The highest BCUT2D eigenvalue weighted by Crippen LogP contribution is 2.31. The number of nitrogen functional groups attached to an aromatic ring is 1. The SMILES string of the molecule is CC(=O)O.CCOc1cc(OCCF)cc([C@H](Nc2ccc(C(=N)N)cc2)c2nn(-c3cccnn3)c(=O)[nH]2)c1. The van der Waals surface area contributed by atoms with E-state index in [1.54, 1.807) is 54.6 Å². The zero-order valence-electron chi connectivity index (χ0n) is 21.8. The Hall–Kier alpha value is -5.27. The third kappa shape index (κ3) is 8.11. The number of carboxylic acids is 1. The molecule has 0 radical (unpaired) electrons. The Morgan fingerprint density at radius 1 is 1.20 bits per heavy atom. The van der Waals surface area contributed by atoms with Gasteiger partial charge in [0.05, 0.1) is 6.61 Å². The van der Waals surface area contributed by atoms with Gasteiger partial charge >= 0.3 is 5.69 Å². The van der Waals surface area contributed by atoms with Crippen LogP contribution >= 0.6 is 0 Å². The number of nitrogens with two attached hydrogens (primary N) is 1. The lowest BCUT2D eigenvalue weighted by atomic mass is 10.0. The molecule has 4 aromatic rings. The van der Waals surface area contributed by atoms with Crippen molar-refractivity contribution in [3.63, 3.8) is 0 Å². The number of rotatable bonds is 11. The quantitative estimate of drug-likeness (QED) is 0.136. The van der Waals surface area contributed by atoms with Crippen LogP contribution in [0, 0.1) is 5.41 Å². The van der Waals surface area contributed by atoms with E-state index in [9.17, 15) is 9.18 Å². The number of amidine groups is 1. The number of aromatic amines is 1. The van der Waals surface area contributed by atoms with E-state index in [0.29, 0.717) is 34.9 Å². The fourth-order valence-electron chi connectivity index (χ4n) is 3.50. The van der Waals surface area contributed by atoms with E-state index in [2.05, 4.69) is 25.6 Å². The molecule has 0 spiro atoms. The van der Waals surface area contributed by atoms with Gasteiger partial charge in [-0.1, -0.05) is 0 Å². The minimum atomic E-state index is -0.833. The molecule has 1 atom stereocenters. The van der Waals surface area contributed by atoms with Crippen molar-refractivity contribution < 1.29 is 23.8 Å². The van der Waals surface area contributed by atoms with Crippen LogP contribution in [0.2, 0.25) is 0 Å². The number of H-pyrrole nitrogens is 1. The van der Waals surface area contributed by atoms with Crippen LogP contribution in [0.15, 0.2) is 65.6 Å². The third-order valence-corrected chi connectivity index (χ3v) is 5.08. The Balaban J connectivity index is 0.00000103. The van der Waals surface area contributed by atoms with Crippen LogP contribution in [0.5, 0.6) is 11.5 Å². The lowest BCUT2D eigenvalue weighted by Crippen LogP contribution is -2.17. The monoisotopic (exact) mass is 552 g/mol. The second kappa shape index (κ2) is 14.0. The summed E-state index contributed by atoms with van der Waals surface area (Å²) in [7, 11) is 0. The van der Waals surface area contributed by atoms with Gasteiger partial charge in [-0.2, -0.15) is 9.78 Å². The van der Waals surface area contributed by atoms with Gasteiger partial charge in [-0.25, -0.2) is 9.18 Å². The molecule has 2 aromatic carbocycles. The molecule has 0 aliphatic heterocycles. The number of hydrogen-bond donors (Lipinski definition) is 5. The van der Waals surface area contributed by atoms with Gasteiger partial charge in [-0.15, -0.1) is 10.2 Å². The highest BCUT2D eigenvalue weighted by molar-refractivity contribution is 5.95. The summed E-state index contributed by atoms with van der Waals surface area (Å²) in [5.74, 6) is 0.571. The molecule has 13 nitrogen and oxygen atoms in total. The summed E-state index contributed by atoms with van der Waals surface area (Å²) >= 11 is 0. The zero-order valence-corrected chi connectivity index (χ0v) is 21.8. The number of ether oxygens (including phenoxy) is 2. The molecule has 40 heavy (non-hydrogen) atoms. The largest absolute Gasteiger partial charge is 0.494 e. The zero-order chi connectivity index (χ0) is 29.1. The number of nitrogens with zero attached hydrogens (tertiary/aromatic N) is 4. The van der Waals surface area contributed by atoms with Crippen LogP contribution in [0.1, 0.15) is 36.8 Å². The van der Waals surface area contributed by atoms with E-state index < -0.39 is 24.4 Å². The number of carbonyl (C=O) groups is 1. The Morgan fingerprint density at radius 3 is 2.45 bits per heavy atom. The molecule has 0 aliphatic carbocycles. The smallest absolute Gasteiger partial charge is 0.349 e. The fraction of sp³-hybridized carbons (Fsp3) is 0.231. The molecule has 0 aliphatic rings. The number of nitrogens with one attached hydrogen (secondary N) is 3. The average Bonchev–Trinajstić information content (AvgIpc) is 3.32. The van der Waals surface area contributed by atoms with Crippen molar-refractivity contribution in [2.75, 3.05) is 25.2 Å². The summed E-state index contributed by atoms with van der Waals surface area (Å²) in [6.45, 7) is 2.59. The van der Waals surface area contributed by atoms with Gasteiger partial charge in [-0.3, -0.25) is 15.2 Å². The summed E-state index contributed by atoms with van der Waals surface area (Å²) in [5, 5.41) is 30.6. The lowest BCUT2D eigenvalue weighted by molar-refractivity contribution is -0.134. The first-order valence-corrected chi connectivity index (χ1v) is 12.1. The number of aliphatic carboxylic acids is 1. The number of aromatic nitrogens is 5. The Bertz CT molecular complexity index is 1470. The second-order valence-corrected chi connectivity index (χ2v) is 8.10. The maximum atomic E-state index is 12.8. The summed E-state index contributed by atoms with van der Waals surface area (Å²) < 4.78 is 25.1. The lowest BCUT2D eigenvalue weighted by Gasteiger charge is -2.20. The van der Waals surface area contributed by atoms with Crippen LogP contribution in [0.3, 0.4) is 0 Å². The summed E-state index contributed by atoms with van der Waals surface area (Å²) in [6.07, 6.45) is 1.50. The number of anilines is 1. The maximum Gasteiger partial charge on any atom is 0.349 e. The van der Waals surface area contributed by atoms with Crippen LogP contribution in [-0.2, 0) is 4.79 Å². The Kier molecular flexibility index (Phi) is 10.3. The Labute approximate surface area is 228 Å². The minimum absolute atomic E-state index is 0.0517. The van der Waals surface area contributed by atoms with Gasteiger partial charge in [0.1, 0.15) is 36.7 Å². The van der Waals surface area contributed by atoms with Crippen molar-refractivity contribution in [2.24, 2.45) is 5.73 Å². The number of hydrogen-bond acceptors (Lipinski definition) is 9. The van der Waals surface area contributed by atoms with Gasteiger partial charge in [0.25, 0.3) is 5.97 Å². The molecule has 4 rings (SSSR count). The van der Waals surface area contributed by atoms with Crippen LogP contribution in [-0.4, -0.2) is 61.8 Å². The van der Waals surface area contributed by atoms with Crippen molar-refractivity contribution in [1.29, 1.82) is 5.41 Å². The average molecular weight is 553 g/mol. The first-order valence-electron chi connectivity index (χ1n) is 12.1. The van der Waals surface area contributed by atoms with Gasteiger partial charge in [0.15, 0.2) is 11.6 Å². The van der Waals surface area contributed by atoms with Crippen LogP contribution in [0.25, 0.3) is 5.82 Å². The van der Waals surface area contributed by atoms with Gasteiger partial charge in [-0.05, 0) is 61.0 Å². The van der Waals surface area contributed by atoms with Crippen molar-refractivity contribution in [3.8, 4) is 17.3 Å². The van der Waals surface area contributed by atoms with Crippen LogP contribution in [0.4, 0.5) is 10.1 Å². The molecule has 2 heterocycles. The standard InChI is InChI=1S/C24H25FN8O3.C2H4O2/c1-2-35-18-12-16(13-19(14-18)36-11-9-25)21(29-17-7-5-15(6-8-17)22(26)27)23-30-24(34)33(32-23)20-4-3-10-28-31-20;1-2(3)4/h3-8,10,12-14,21,29H,2,9,11H2,1H3,(H3,26,27)(H,30,32,34);1H3,(H,3,4)/t21-;/m0./s1. The normalized spacial score (nSPS) is 11.1. The molecule has 0 unspecified atom stereocenters. The molecule has 210 valence electrons. The molecule has 14 heteroatoms. The summed E-state index contributed by atoms with van der Waals surface area (Å²) in [5.41, 5.74) is 6.95. The highest BCUT2D eigenvalue weighted by Gasteiger charge is 2.22. The predicted octanol–water partition coefficient (Wildman–Crippen LogP) is 2.67. The van der Waals surface area contributed by atoms with E-state index in [-0.39, 0.29) is 24.1 Å². The molecule has 2 aromatic heterocycles. The van der Waals surface area contributed by atoms with E-state index in [1.165, 1.54) is 6.20 Å². The van der Waals surface area contributed by atoms with Crippen LogP contribution < -0.4 is 26.2 Å². The van der Waals surface area contributed by atoms with Gasteiger partial charge in [0.2, 0.25) is 0 Å². The van der Waals surface area contributed by atoms with Gasteiger partial charge in [0, 0.05) is 30.4 Å². The second-order valence-electron chi connectivity index (χ2n) is 8.10. The van der Waals surface area contributed by atoms with E-state index in [1.807, 2.05) is 6.92 Å². The molecular formula is C26H29FN8O5. The first kappa shape index (κ1) is 29.3. The van der Waals surface area contributed by atoms with Crippen molar-refractivity contribution in [3.05, 3.63) is 88.2 Å². The summed E-state index contributed by atoms with van der Waals surface area (Å²) in [6, 6.07) is 14.7. The Morgan fingerprint density at radius 2 is 1.88 bits per heavy atom. The molecule has 0 bridgehead atoms. The number of halogens is 1. The molecule has 0 saturated heterocycles. The minimum Gasteiger partial charge on any atom is -0.494 e.